The highest BCUT2D eigenvalue weighted by atomic mass is 32.2. The van der Waals surface area contributed by atoms with E-state index in [4.69, 9.17) is 4.74 Å². The maximum atomic E-state index is 13.1. The molecule has 4 nitrogen and oxygen atoms in total. The molecule has 144 valence electrons. The van der Waals surface area contributed by atoms with Gasteiger partial charge in [-0.1, -0.05) is 60.2 Å². The van der Waals surface area contributed by atoms with Crippen molar-refractivity contribution in [1.82, 2.24) is 4.72 Å². The van der Waals surface area contributed by atoms with Gasteiger partial charge in [0.2, 0.25) is 10.0 Å². The first-order chi connectivity index (χ1) is 13.5. The van der Waals surface area contributed by atoms with Crippen LogP contribution in [0.3, 0.4) is 0 Å². The van der Waals surface area contributed by atoms with E-state index in [0.717, 1.165) is 35.3 Å². The quantitative estimate of drug-likeness (QED) is 0.699. The van der Waals surface area contributed by atoms with E-state index in [1.165, 1.54) is 0 Å². The number of hydrogen-bond donors (Lipinski definition) is 1. The Bertz CT molecular complexity index is 1050. The van der Waals surface area contributed by atoms with Crippen LogP contribution in [-0.2, 0) is 16.4 Å². The summed E-state index contributed by atoms with van der Waals surface area (Å²) in [5, 5.41) is 0. The molecule has 0 heterocycles. The zero-order chi connectivity index (χ0) is 19.6. The highest BCUT2D eigenvalue weighted by molar-refractivity contribution is 7.89. The SMILES string of the molecule is Cc1ccc(S(=O)(=O)NC2c3ccccc3CCC2Oc2ccccc2)cc1. The largest absolute Gasteiger partial charge is 0.488 e. The first-order valence-electron chi connectivity index (χ1n) is 9.41. The van der Waals surface area contributed by atoms with E-state index < -0.39 is 16.1 Å². The predicted molar refractivity (Wildman–Crippen MR) is 110 cm³/mol. The molecular formula is C23H23NO3S. The van der Waals surface area contributed by atoms with Crippen molar-refractivity contribution < 1.29 is 13.2 Å². The van der Waals surface area contributed by atoms with Gasteiger partial charge in [0.1, 0.15) is 11.9 Å². The van der Waals surface area contributed by atoms with Crippen LogP contribution in [0.15, 0.2) is 83.8 Å². The van der Waals surface area contributed by atoms with Crippen LogP contribution in [0.4, 0.5) is 0 Å². The van der Waals surface area contributed by atoms with Gasteiger partial charge in [-0.15, -0.1) is 0 Å². The maximum Gasteiger partial charge on any atom is 0.241 e. The number of ether oxygens (including phenoxy) is 1. The molecule has 3 aromatic carbocycles. The fourth-order valence-corrected chi connectivity index (χ4v) is 4.87. The van der Waals surface area contributed by atoms with E-state index in [1.54, 1.807) is 24.3 Å². The monoisotopic (exact) mass is 393 g/mol. The van der Waals surface area contributed by atoms with Crippen LogP contribution in [0.2, 0.25) is 0 Å². The van der Waals surface area contributed by atoms with Gasteiger partial charge in [0.25, 0.3) is 0 Å². The van der Waals surface area contributed by atoms with Crippen molar-refractivity contribution in [1.29, 1.82) is 0 Å². The molecule has 0 spiro atoms. The summed E-state index contributed by atoms with van der Waals surface area (Å²) < 4.78 is 35.2. The summed E-state index contributed by atoms with van der Waals surface area (Å²) in [5.41, 5.74) is 3.16. The Morgan fingerprint density at radius 1 is 0.893 bits per heavy atom. The molecule has 0 bridgehead atoms. The molecule has 4 rings (SSSR count). The number of aryl methyl sites for hydroxylation is 2. The van der Waals surface area contributed by atoms with Crippen molar-refractivity contribution in [2.45, 2.75) is 36.8 Å². The van der Waals surface area contributed by atoms with Crippen LogP contribution in [-0.4, -0.2) is 14.5 Å². The average Bonchev–Trinajstić information content (AvgIpc) is 2.71. The Morgan fingerprint density at radius 2 is 1.57 bits per heavy atom. The third kappa shape index (κ3) is 3.96. The molecular weight excluding hydrogens is 370 g/mol. The van der Waals surface area contributed by atoms with Crippen molar-refractivity contribution in [3.8, 4) is 5.75 Å². The number of hydrogen-bond acceptors (Lipinski definition) is 3. The highest BCUT2D eigenvalue weighted by Gasteiger charge is 2.34. The summed E-state index contributed by atoms with van der Waals surface area (Å²) in [6, 6.07) is 24.0. The molecule has 0 aliphatic heterocycles. The second-order valence-electron chi connectivity index (χ2n) is 7.12. The normalized spacial score (nSPS) is 19.0. The molecule has 5 heteroatoms. The van der Waals surface area contributed by atoms with Crippen LogP contribution in [0.5, 0.6) is 5.75 Å². The Kier molecular flexibility index (Phi) is 5.20. The van der Waals surface area contributed by atoms with Crippen molar-refractivity contribution in [2.24, 2.45) is 0 Å². The van der Waals surface area contributed by atoms with Gasteiger partial charge in [-0.3, -0.25) is 0 Å². The number of sulfonamides is 1. The topological polar surface area (TPSA) is 55.4 Å². The first-order valence-corrected chi connectivity index (χ1v) is 10.9. The molecule has 0 aromatic heterocycles. The summed E-state index contributed by atoms with van der Waals surface area (Å²) in [5.74, 6) is 0.742. The van der Waals surface area contributed by atoms with E-state index in [1.807, 2.05) is 55.5 Å². The van der Waals surface area contributed by atoms with E-state index >= 15 is 0 Å². The third-order valence-corrected chi connectivity index (χ3v) is 6.56. The lowest BCUT2D eigenvalue weighted by atomic mass is 9.86. The van der Waals surface area contributed by atoms with Crippen LogP contribution in [0.1, 0.15) is 29.2 Å². The smallest absolute Gasteiger partial charge is 0.241 e. The zero-order valence-corrected chi connectivity index (χ0v) is 16.5. The number of benzene rings is 3. The molecule has 2 unspecified atom stereocenters. The average molecular weight is 394 g/mol. The maximum absolute atomic E-state index is 13.1. The van der Waals surface area contributed by atoms with E-state index in [2.05, 4.69) is 10.8 Å². The van der Waals surface area contributed by atoms with Crippen LogP contribution >= 0.6 is 0 Å². The Morgan fingerprint density at radius 3 is 2.32 bits per heavy atom. The summed E-state index contributed by atoms with van der Waals surface area (Å²) in [7, 11) is -3.67. The van der Waals surface area contributed by atoms with Crippen molar-refractivity contribution in [3.63, 3.8) is 0 Å². The van der Waals surface area contributed by atoms with Crippen molar-refractivity contribution >= 4 is 10.0 Å². The molecule has 28 heavy (non-hydrogen) atoms. The molecule has 0 amide bonds. The molecule has 1 aliphatic carbocycles. The Labute approximate surface area is 166 Å². The first kappa shape index (κ1) is 18.7. The van der Waals surface area contributed by atoms with Crippen LogP contribution in [0.25, 0.3) is 0 Å². The third-order valence-electron chi connectivity index (χ3n) is 5.10. The lowest BCUT2D eigenvalue weighted by Gasteiger charge is -2.34. The summed E-state index contributed by atoms with van der Waals surface area (Å²) in [6.45, 7) is 1.94. The number of para-hydroxylation sites is 1. The van der Waals surface area contributed by atoms with Gasteiger partial charge in [0.05, 0.1) is 10.9 Å². The van der Waals surface area contributed by atoms with Crippen LogP contribution < -0.4 is 9.46 Å². The predicted octanol–water partition coefficient (Wildman–Crippen LogP) is 4.41. The van der Waals surface area contributed by atoms with Crippen LogP contribution in [0, 0.1) is 6.92 Å². The van der Waals surface area contributed by atoms with Crippen molar-refractivity contribution in [3.05, 3.63) is 95.6 Å². The second kappa shape index (κ2) is 7.78. The fourth-order valence-electron chi connectivity index (χ4n) is 3.62. The molecule has 1 N–H and O–H groups in total. The minimum absolute atomic E-state index is 0.264. The summed E-state index contributed by atoms with van der Waals surface area (Å²) in [6.07, 6.45) is 1.32. The Hall–Kier alpha value is -2.63. The van der Waals surface area contributed by atoms with Gasteiger partial charge in [-0.2, -0.15) is 4.72 Å². The lowest BCUT2D eigenvalue weighted by Crippen LogP contribution is -2.42. The molecule has 0 saturated carbocycles. The van der Waals surface area contributed by atoms with E-state index in [9.17, 15) is 8.42 Å². The summed E-state index contributed by atoms with van der Waals surface area (Å²) >= 11 is 0. The zero-order valence-electron chi connectivity index (χ0n) is 15.7. The number of rotatable bonds is 5. The van der Waals surface area contributed by atoms with E-state index in [0.29, 0.717) is 0 Å². The van der Waals surface area contributed by atoms with Gasteiger partial charge in [-0.05, 0) is 55.2 Å². The Balaban J connectivity index is 1.67. The highest BCUT2D eigenvalue weighted by Crippen LogP contribution is 2.34. The molecule has 0 saturated heterocycles. The second-order valence-corrected chi connectivity index (χ2v) is 8.83. The molecule has 0 radical (unpaired) electrons. The van der Waals surface area contributed by atoms with Gasteiger partial charge in [0.15, 0.2) is 0 Å². The number of fused-ring (bicyclic) bond motifs is 1. The lowest BCUT2D eigenvalue weighted by molar-refractivity contribution is 0.146. The minimum Gasteiger partial charge on any atom is -0.488 e. The van der Waals surface area contributed by atoms with Crippen molar-refractivity contribution in [2.75, 3.05) is 0 Å². The van der Waals surface area contributed by atoms with Gasteiger partial charge < -0.3 is 4.74 Å². The molecule has 3 aromatic rings. The van der Waals surface area contributed by atoms with Gasteiger partial charge >= 0.3 is 0 Å². The molecule has 2 atom stereocenters. The van der Waals surface area contributed by atoms with Gasteiger partial charge in [0, 0.05) is 0 Å². The molecule has 1 aliphatic rings. The minimum atomic E-state index is -3.67. The van der Waals surface area contributed by atoms with E-state index in [-0.39, 0.29) is 11.0 Å². The number of nitrogens with one attached hydrogen (secondary N) is 1. The summed E-state index contributed by atoms with van der Waals surface area (Å²) in [4.78, 5) is 0.264. The molecule has 0 fully saturated rings. The standard InChI is InChI=1S/C23H23NO3S/c1-17-11-14-20(15-12-17)28(25,26)24-23-21-10-6-5-7-18(21)13-16-22(23)27-19-8-3-2-4-9-19/h2-12,14-15,22-24H,13,16H2,1H3. The van der Waals surface area contributed by atoms with Gasteiger partial charge in [-0.25, -0.2) is 8.42 Å². The fraction of sp³-hybridized carbons (Fsp3) is 0.217.